The van der Waals surface area contributed by atoms with E-state index in [1.165, 1.54) is 30.4 Å². The minimum atomic E-state index is 0.173. The van der Waals surface area contributed by atoms with Crippen LogP contribution in [0.3, 0.4) is 0 Å². The highest BCUT2D eigenvalue weighted by Crippen LogP contribution is 2.25. The van der Waals surface area contributed by atoms with Crippen LogP contribution >= 0.6 is 11.6 Å². The normalized spacial score (nSPS) is 22.4. The smallest absolute Gasteiger partial charge is 0.254 e. The summed E-state index contributed by atoms with van der Waals surface area (Å²) < 4.78 is 0. The van der Waals surface area contributed by atoms with Crippen molar-refractivity contribution in [1.29, 1.82) is 0 Å². The van der Waals surface area contributed by atoms with E-state index in [2.05, 4.69) is 12.1 Å². The Morgan fingerprint density at radius 2 is 2.00 bits per heavy atom. The van der Waals surface area contributed by atoms with E-state index in [1.54, 1.807) is 0 Å². The molecule has 3 heteroatoms. The van der Waals surface area contributed by atoms with E-state index < -0.39 is 0 Å². The van der Waals surface area contributed by atoms with Crippen molar-refractivity contribution in [3.63, 3.8) is 0 Å². The van der Waals surface area contributed by atoms with E-state index in [9.17, 15) is 4.79 Å². The van der Waals surface area contributed by atoms with Gasteiger partial charge in [-0.1, -0.05) is 18.9 Å². The van der Waals surface area contributed by atoms with Gasteiger partial charge in [0, 0.05) is 24.0 Å². The summed E-state index contributed by atoms with van der Waals surface area (Å²) >= 11 is 6.08. The van der Waals surface area contributed by atoms with Crippen LogP contribution in [0, 0.1) is 0 Å². The van der Waals surface area contributed by atoms with Crippen molar-refractivity contribution >= 4 is 17.5 Å². The Kier molecular flexibility index (Phi) is 4.30. The van der Waals surface area contributed by atoms with Gasteiger partial charge in [0.25, 0.3) is 5.91 Å². The molecule has 1 saturated heterocycles. The molecule has 2 aliphatic rings. The molecule has 0 radical (unpaired) electrons. The summed E-state index contributed by atoms with van der Waals surface area (Å²) in [6, 6.07) is 6.46. The third-order valence-corrected chi connectivity index (χ3v) is 5.02. The monoisotopic (exact) mass is 291 g/mol. The first-order valence-electron chi connectivity index (χ1n) is 7.78. The number of nitrogens with zero attached hydrogens (tertiary/aromatic N) is 1. The SMILES string of the molecule is O=C(c1ccc2c(c1)CCC2)N1CCCCCC1CCl. The van der Waals surface area contributed by atoms with E-state index in [0.717, 1.165) is 37.8 Å². The average Bonchev–Trinajstić information content (AvgIpc) is 2.81. The lowest BCUT2D eigenvalue weighted by Crippen LogP contribution is -2.41. The summed E-state index contributed by atoms with van der Waals surface area (Å²) in [6.07, 6.45) is 8.05. The molecular formula is C17H22ClNO. The van der Waals surface area contributed by atoms with Crippen molar-refractivity contribution < 1.29 is 4.79 Å². The second-order valence-electron chi connectivity index (χ2n) is 5.99. The first-order valence-corrected chi connectivity index (χ1v) is 8.32. The van der Waals surface area contributed by atoms with E-state index >= 15 is 0 Å². The number of aryl methyl sites for hydroxylation is 2. The Bertz CT molecular complexity index is 500. The lowest BCUT2D eigenvalue weighted by atomic mass is 10.0. The number of hydrogen-bond donors (Lipinski definition) is 0. The van der Waals surface area contributed by atoms with Crippen molar-refractivity contribution in [1.82, 2.24) is 4.90 Å². The van der Waals surface area contributed by atoms with Crippen LogP contribution in [-0.2, 0) is 12.8 Å². The fraction of sp³-hybridized carbons (Fsp3) is 0.588. The molecular weight excluding hydrogens is 270 g/mol. The van der Waals surface area contributed by atoms with E-state index in [-0.39, 0.29) is 11.9 Å². The van der Waals surface area contributed by atoms with Crippen molar-refractivity contribution in [3.8, 4) is 0 Å². The largest absolute Gasteiger partial charge is 0.334 e. The number of likely N-dealkylation sites (tertiary alicyclic amines) is 1. The molecule has 1 heterocycles. The minimum Gasteiger partial charge on any atom is -0.334 e. The molecule has 0 spiro atoms. The number of benzene rings is 1. The molecule has 0 saturated carbocycles. The number of fused-ring (bicyclic) bond motifs is 1. The highest BCUT2D eigenvalue weighted by Gasteiger charge is 2.26. The molecule has 0 bridgehead atoms. The van der Waals surface area contributed by atoms with Crippen LogP contribution in [0.2, 0.25) is 0 Å². The highest BCUT2D eigenvalue weighted by atomic mass is 35.5. The average molecular weight is 292 g/mol. The molecule has 1 unspecified atom stereocenters. The number of hydrogen-bond acceptors (Lipinski definition) is 1. The fourth-order valence-electron chi connectivity index (χ4n) is 3.48. The zero-order chi connectivity index (χ0) is 13.9. The highest BCUT2D eigenvalue weighted by molar-refractivity contribution is 6.18. The molecule has 1 fully saturated rings. The first-order chi connectivity index (χ1) is 9.79. The molecule has 1 atom stereocenters. The molecule has 1 amide bonds. The maximum Gasteiger partial charge on any atom is 0.254 e. The lowest BCUT2D eigenvalue weighted by molar-refractivity contribution is 0.0700. The summed E-state index contributed by atoms with van der Waals surface area (Å²) in [6.45, 7) is 0.854. The Labute approximate surface area is 126 Å². The molecule has 1 aliphatic carbocycles. The van der Waals surface area contributed by atoms with Gasteiger partial charge in [-0.2, -0.15) is 0 Å². The molecule has 108 valence electrons. The second kappa shape index (κ2) is 6.17. The van der Waals surface area contributed by atoms with Crippen LogP contribution in [-0.4, -0.2) is 29.3 Å². The van der Waals surface area contributed by atoms with Gasteiger partial charge in [0.2, 0.25) is 0 Å². The predicted molar refractivity (Wildman–Crippen MR) is 82.5 cm³/mol. The summed E-state index contributed by atoms with van der Waals surface area (Å²) in [7, 11) is 0. The Balaban J connectivity index is 1.83. The van der Waals surface area contributed by atoms with Gasteiger partial charge in [0.05, 0.1) is 0 Å². The second-order valence-corrected chi connectivity index (χ2v) is 6.30. The molecule has 20 heavy (non-hydrogen) atoms. The predicted octanol–water partition coefficient (Wildman–Crippen LogP) is 3.80. The number of alkyl halides is 1. The number of rotatable bonds is 2. The van der Waals surface area contributed by atoms with Crippen molar-refractivity contribution in [3.05, 3.63) is 34.9 Å². The molecule has 3 rings (SSSR count). The van der Waals surface area contributed by atoms with Gasteiger partial charge in [-0.3, -0.25) is 4.79 Å². The topological polar surface area (TPSA) is 20.3 Å². The molecule has 2 nitrogen and oxygen atoms in total. The van der Waals surface area contributed by atoms with Gasteiger partial charge < -0.3 is 4.90 Å². The molecule has 1 aromatic carbocycles. The van der Waals surface area contributed by atoms with Gasteiger partial charge in [0.15, 0.2) is 0 Å². The van der Waals surface area contributed by atoms with E-state index in [4.69, 9.17) is 11.6 Å². The lowest BCUT2D eigenvalue weighted by Gasteiger charge is -2.28. The van der Waals surface area contributed by atoms with Crippen LogP contribution in [0.25, 0.3) is 0 Å². The molecule has 1 aliphatic heterocycles. The molecule has 0 N–H and O–H groups in total. The first kappa shape index (κ1) is 13.9. The van der Waals surface area contributed by atoms with Crippen LogP contribution in [0.1, 0.15) is 53.6 Å². The van der Waals surface area contributed by atoms with Crippen molar-refractivity contribution in [2.75, 3.05) is 12.4 Å². The summed E-state index contributed by atoms with van der Waals surface area (Å²) in [5.41, 5.74) is 3.64. The van der Waals surface area contributed by atoms with Gasteiger partial charge in [-0.25, -0.2) is 0 Å². The summed E-state index contributed by atoms with van der Waals surface area (Å²) in [5, 5.41) is 0. The van der Waals surface area contributed by atoms with Crippen LogP contribution < -0.4 is 0 Å². The third-order valence-electron chi connectivity index (χ3n) is 4.66. The maximum absolute atomic E-state index is 12.8. The van der Waals surface area contributed by atoms with E-state index in [0.29, 0.717) is 5.88 Å². The van der Waals surface area contributed by atoms with Crippen LogP contribution in [0.15, 0.2) is 18.2 Å². The van der Waals surface area contributed by atoms with Gasteiger partial charge in [0.1, 0.15) is 0 Å². The van der Waals surface area contributed by atoms with Crippen molar-refractivity contribution in [2.24, 2.45) is 0 Å². The number of carbonyl (C=O) groups is 1. The zero-order valence-electron chi connectivity index (χ0n) is 11.9. The molecule has 1 aromatic rings. The van der Waals surface area contributed by atoms with Crippen LogP contribution in [0.5, 0.6) is 0 Å². The number of amides is 1. The zero-order valence-corrected chi connectivity index (χ0v) is 12.7. The quantitative estimate of drug-likeness (QED) is 0.759. The van der Waals surface area contributed by atoms with Crippen LogP contribution in [0.4, 0.5) is 0 Å². The third kappa shape index (κ3) is 2.71. The Morgan fingerprint density at radius 3 is 2.85 bits per heavy atom. The summed E-state index contributed by atoms with van der Waals surface area (Å²) in [4.78, 5) is 14.8. The fourth-order valence-corrected chi connectivity index (χ4v) is 3.80. The number of halogens is 1. The van der Waals surface area contributed by atoms with Crippen molar-refractivity contribution in [2.45, 2.75) is 51.0 Å². The summed E-state index contributed by atoms with van der Waals surface area (Å²) in [5.74, 6) is 0.726. The minimum absolute atomic E-state index is 0.173. The Hall–Kier alpha value is -1.02. The number of carbonyl (C=O) groups excluding carboxylic acids is 1. The standard InChI is InChI=1S/C17H22ClNO/c18-12-16-7-2-1-3-10-19(16)17(20)15-9-8-13-5-4-6-14(13)11-15/h8-9,11,16H,1-7,10,12H2. The van der Waals surface area contributed by atoms with Gasteiger partial charge in [-0.05, 0) is 55.4 Å². The maximum atomic E-state index is 12.8. The molecule has 0 aromatic heterocycles. The van der Waals surface area contributed by atoms with Gasteiger partial charge >= 0.3 is 0 Å². The van der Waals surface area contributed by atoms with Gasteiger partial charge in [-0.15, -0.1) is 11.6 Å². The van der Waals surface area contributed by atoms with E-state index in [1.807, 2.05) is 11.0 Å². The Morgan fingerprint density at radius 1 is 1.15 bits per heavy atom.